The van der Waals surface area contributed by atoms with E-state index in [2.05, 4.69) is 11.8 Å². The molecule has 0 heterocycles. The van der Waals surface area contributed by atoms with Crippen LogP contribution in [-0.4, -0.2) is 20.3 Å². The molecular weight excluding hydrogens is 282 g/mol. The van der Waals surface area contributed by atoms with E-state index in [-0.39, 0.29) is 18.1 Å². The number of ether oxygens (including phenoxy) is 1. The Balaban J connectivity index is 2.45. The van der Waals surface area contributed by atoms with Gasteiger partial charge in [0.15, 0.2) is 5.70 Å². The third-order valence-corrected chi connectivity index (χ3v) is 3.04. The summed E-state index contributed by atoms with van der Waals surface area (Å²) in [6.45, 7) is 9.91. The van der Waals surface area contributed by atoms with Crippen LogP contribution in [0, 0.1) is 6.57 Å². The lowest BCUT2D eigenvalue weighted by Gasteiger charge is -2.12. The highest BCUT2D eigenvalue weighted by Crippen LogP contribution is 2.25. The average Bonchev–Trinajstić information content (AvgIpc) is 2.54. The first-order valence-corrected chi connectivity index (χ1v) is 7.38. The molecule has 0 N–H and O–H groups in total. The van der Waals surface area contributed by atoms with Gasteiger partial charge in [-0.2, -0.15) is 0 Å². The summed E-state index contributed by atoms with van der Waals surface area (Å²) in [5.41, 5.74) is 1.11. The van der Waals surface area contributed by atoms with E-state index in [1.54, 1.807) is 18.2 Å². The van der Waals surface area contributed by atoms with Crippen molar-refractivity contribution in [3.05, 3.63) is 40.9 Å². The third-order valence-electron chi connectivity index (χ3n) is 3.04. The molecule has 0 aliphatic heterocycles. The van der Waals surface area contributed by atoms with Gasteiger partial charge in [0, 0.05) is 0 Å². The minimum absolute atomic E-state index is 0.0821. The quantitative estimate of drug-likeness (QED) is 0.287. The Labute approximate surface area is 131 Å². The summed E-state index contributed by atoms with van der Waals surface area (Å²) in [5, 5.41) is 11.4. The monoisotopic (exact) mass is 304 g/mol. The molecule has 1 rings (SSSR count). The summed E-state index contributed by atoms with van der Waals surface area (Å²) in [6.07, 6.45) is 6.08. The predicted molar refractivity (Wildman–Crippen MR) is 83.1 cm³/mol. The summed E-state index contributed by atoms with van der Waals surface area (Å²) >= 11 is 0. The lowest BCUT2D eigenvalue weighted by molar-refractivity contribution is -0.287. The fourth-order valence-electron chi connectivity index (χ4n) is 1.82. The van der Waals surface area contributed by atoms with E-state index in [1.807, 2.05) is 0 Å². The predicted octanol–water partition coefficient (Wildman–Crippen LogP) is 3.56. The SMILES string of the molecule is [C-]#[N+]C(=Cc1ccc([O-])c(OC)c1)COOCCCCCC. The van der Waals surface area contributed by atoms with Crippen LogP contribution >= 0.6 is 0 Å². The van der Waals surface area contributed by atoms with Crippen molar-refractivity contribution in [3.8, 4) is 11.5 Å². The molecule has 1 aromatic carbocycles. The summed E-state index contributed by atoms with van der Waals surface area (Å²) in [7, 11) is 1.44. The molecule has 0 saturated heterocycles. The lowest BCUT2D eigenvalue weighted by Crippen LogP contribution is -2.00. The van der Waals surface area contributed by atoms with Gasteiger partial charge in [0.25, 0.3) is 0 Å². The molecule has 5 heteroatoms. The highest BCUT2D eigenvalue weighted by molar-refractivity contribution is 5.58. The van der Waals surface area contributed by atoms with Gasteiger partial charge in [-0.3, -0.25) is 0 Å². The smallest absolute Gasteiger partial charge is 0.194 e. The van der Waals surface area contributed by atoms with Gasteiger partial charge < -0.3 is 9.84 Å². The average molecular weight is 304 g/mol. The van der Waals surface area contributed by atoms with Crippen molar-refractivity contribution < 1.29 is 19.6 Å². The maximum atomic E-state index is 11.4. The van der Waals surface area contributed by atoms with Crippen LogP contribution in [0.15, 0.2) is 23.9 Å². The summed E-state index contributed by atoms with van der Waals surface area (Å²) in [5.74, 6) is 0.0712. The molecule has 0 unspecified atom stereocenters. The molecule has 0 aromatic heterocycles. The molecule has 0 fully saturated rings. The Kier molecular flexibility index (Phi) is 8.73. The molecule has 22 heavy (non-hydrogen) atoms. The molecule has 0 bridgehead atoms. The number of rotatable bonds is 10. The van der Waals surface area contributed by atoms with Crippen LogP contribution in [0.25, 0.3) is 10.9 Å². The molecule has 0 radical (unpaired) electrons. The Hall–Kier alpha value is -2.03. The summed E-state index contributed by atoms with van der Waals surface area (Å²) in [4.78, 5) is 13.5. The molecule has 1 aromatic rings. The van der Waals surface area contributed by atoms with Crippen LogP contribution < -0.4 is 9.84 Å². The summed E-state index contributed by atoms with van der Waals surface area (Å²) < 4.78 is 4.97. The molecule has 120 valence electrons. The Morgan fingerprint density at radius 3 is 2.77 bits per heavy atom. The fraction of sp³-hybridized carbons (Fsp3) is 0.471. The van der Waals surface area contributed by atoms with Crippen molar-refractivity contribution >= 4 is 6.08 Å². The van der Waals surface area contributed by atoms with Crippen molar-refractivity contribution in [3.63, 3.8) is 0 Å². The van der Waals surface area contributed by atoms with Crippen molar-refractivity contribution in [2.75, 3.05) is 20.3 Å². The van der Waals surface area contributed by atoms with Crippen LogP contribution in [-0.2, 0) is 9.78 Å². The van der Waals surface area contributed by atoms with Crippen LogP contribution in [0.5, 0.6) is 11.5 Å². The second-order valence-electron chi connectivity index (χ2n) is 4.80. The van der Waals surface area contributed by atoms with E-state index >= 15 is 0 Å². The largest absolute Gasteiger partial charge is 0.870 e. The van der Waals surface area contributed by atoms with E-state index in [1.165, 1.54) is 26.0 Å². The standard InChI is InChI=1S/C17H23NO4/c1-4-5-6-7-10-21-22-13-15(18-2)11-14-8-9-16(19)17(12-14)20-3/h8-9,11-12,19H,4-7,10,13H2,1,3H3/p-1. The second-order valence-corrected chi connectivity index (χ2v) is 4.80. The van der Waals surface area contributed by atoms with Crippen molar-refractivity contribution in [1.82, 2.24) is 0 Å². The van der Waals surface area contributed by atoms with Gasteiger partial charge in [-0.05, 0) is 18.1 Å². The molecule has 0 saturated carbocycles. The fourth-order valence-corrected chi connectivity index (χ4v) is 1.82. The first-order valence-electron chi connectivity index (χ1n) is 7.38. The van der Waals surface area contributed by atoms with Gasteiger partial charge >= 0.3 is 0 Å². The van der Waals surface area contributed by atoms with Gasteiger partial charge in [0.05, 0.1) is 20.3 Å². The zero-order valence-corrected chi connectivity index (χ0v) is 13.1. The number of methoxy groups -OCH3 is 1. The first-order chi connectivity index (χ1) is 10.7. The van der Waals surface area contributed by atoms with Crippen molar-refractivity contribution in [1.29, 1.82) is 0 Å². The van der Waals surface area contributed by atoms with E-state index in [0.717, 1.165) is 12.8 Å². The zero-order chi connectivity index (χ0) is 16.2. The number of nitrogens with zero attached hydrogens (tertiary/aromatic N) is 1. The van der Waals surface area contributed by atoms with E-state index in [4.69, 9.17) is 21.1 Å². The van der Waals surface area contributed by atoms with Crippen LogP contribution in [0.2, 0.25) is 0 Å². The lowest BCUT2D eigenvalue weighted by atomic mass is 10.1. The minimum Gasteiger partial charge on any atom is -0.870 e. The van der Waals surface area contributed by atoms with Crippen LogP contribution in [0.4, 0.5) is 0 Å². The zero-order valence-electron chi connectivity index (χ0n) is 13.1. The summed E-state index contributed by atoms with van der Waals surface area (Å²) in [6, 6.07) is 4.65. The van der Waals surface area contributed by atoms with E-state index in [0.29, 0.717) is 17.9 Å². The maximum absolute atomic E-state index is 11.4. The number of benzene rings is 1. The highest BCUT2D eigenvalue weighted by Gasteiger charge is 2.01. The molecule has 0 aliphatic carbocycles. The van der Waals surface area contributed by atoms with Crippen LogP contribution in [0.3, 0.4) is 0 Å². The second kappa shape index (κ2) is 10.7. The van der Waals surface area contributed by atoms with Crippen molar-refractivity contribution in [2.24, 2.45) is 0 Å². The van der Waals surface area contributed by atoms with Gasteiger partial charge in [-0.25, -0.2) is 14.6 Å². The number of hydrogen-bond donors (Lipinski definition) is 0. The Bertz CT molecular complexity index is 520. The Morgan fingerprint density at radius 2 is 2.09 bits per heavy atom. The molecule has 0 spiro atoms. The topological polar surface area (TPSA) is 55.1 Å². The van der Waals surface area contributed by atoms with Crippen molar-refractivity contribution in [2.45, 2.75) is 32.6 Å². The normalized spacial score (nSPS) is 11.2. The van der Waals surface area contributed by atoms with Crippen LogP contribution in [0.1, 0.15) is 38.2 Å². The highest BCUT2D eigenvalue weighted by atomic mass is 17.2. The maximum Gasteiger partial charge on any atom is 0.194 e. The van der Waals surface area contributed by atoms with E-state index < -0.39 is 0 Å². The molecule has 0 aliphatic rings. The van der Waals surface area contributed by atoms with Gasteiger partial charge in [0.2, 0.25) is 0 Å². The molecule has 5 nitrogen and oxygen atoms in total. The minimum atomic E-state index is -0.185. The van der Waals surface area contributed by atoms with Gasteiger partial charge in [-0.1, -0.05) is 50.1 Å². The van der Waals surface area contributed by atoms with Gasteiger partial charge in [0.1, 0.15) is 12.4 Å². The third kappa shape index (κ3) is 6.61. The Morgan fingerprint density at radius 1 is 1.27 bits per heavy atom. The number of unbranched alkanes of at least 4 members (excludes halogenated alkanes) is 3. The number of hydrogen-bond acceptors (Lipinski definition) is 4. The van der Waals surface area contributed by atoms with E-state index in [9.17, 15) is 5.11 Å². The molecular formula is C17H22NO4-. The van der Waals surface area contributed by atoms with Gasteiger partial charge in [-0.15, -0.1) is 0 Å². The first kappa shape index (κ1) is 18.0. The molecule has 0 atom stereocenters. The molecule has 0 amide bonds.